The summed E-state index contributed by atoms with van der Waals surface area (Å²) in [7, 11) is 0. The molecule has 0 unspecified atom stereocenters. The highest BCUT2D eigenvalue weighted by atomic mass is 16.6. The Hall–Kier alpha value is -2.57. The van der Waals surface area contributed by atoms with E-state index in [0.717, 1.165) is 43.4 Å². The fourth-order valence-electron chi connectivity index (χ4n) is 8.65. The van der Waals surface area contributed by atoms with E-state index in [1.807, 2.05) is 6.07 Å². The van der Waals surface area contributed by atoms with Crippen molar-refractivity contribution in [2.24, 2.45) is 5.73 Å². The van der Waals surface area contributed by atoms with Gasteiger partial charge in [0, 0.05) is 13.0 Å². The number of rotatable bonds is 37. The summed E-state index contributed by atoms with van der Waals surface area (Å²) in [6.45, 7) is 5.40. The average molecular weight is 874 g/mol. The third-order valence-corrected chi connectivity index (χ3v) is 12.6. The van der Waals surface area contributed by atoms with E-state index in [2.05, 4.69) is 13.8 Å². The number of hydrogen-bond acceptors (Lipinski definition) is 9. The molecule has 6 atom stereocenters. The van der Waals surface area contributed by atoms with Crippen LogP contribution >= 0.6 is 0 Å². The molecule has 1 aliphatic rings. The van der Waals surface area contributed by atoms with E-state index in [4.69, 9.17) is 15.2 Å². The number of benzene rings is 1. The molecule has 62 heavy (non-hydrogen) atoms. The molecule has 0 aromatic heterocycles. The molecule has 2 rings (SSSR count). The molecule has 3 amide bonds. The molecule has 0 radical (unpaired) electrons. The van der Waals surface area contributed by atoms with E-state index in [1.54, 1.807) is 24.3 Å². The van der Waals surface area contributed by atoms with Crippen molar-refractivity contribution in [3.8, 4) is 0 Å². The van der Waals surface area contributed by atoms with Crippen LogP contribution in [0.4, 0.5) is 4.79 Å². The highest BCUT2D eigenvalue weighted by Gasteiger charge is 2.53. The predicted molar refractivity (Wildman–Crippen MR) is 250 cm³/mol. The van der Waals surface area contributed by atoms with Crippen LogP contribution in [0.5, 0.6) is 0 Å². The molecule has 0 bridgehead atoms. The maximum absolute atomic E-state index is 14.3. The van der Waals surface area contributed by atoms with Gasteiger partial charge in [-0.05, 0) is 25.3 Å². The van der Waals surface area contributed by atoms with Gasteiger partial charge in [-0.2, -0.15) is 0 Å². The van der Waals surface area contributed by atoms with Crippen LogP contribution in [0.1, 0.15) is 219 Å². The Morgan fingerprint density at radius 3 is 1.48 bits per heavy atom. The van der Waals surface area contributed by atoms with Crippen molar-refractivity contribution < 1.29 is 39.2 Å². The van der Waals surface area contributed by atoms with Crippen molar-refractivity contribution in [3.05, 3.63) is 35.9 Å². The number of carbonyl (C=O) groups excluding carboxylic acids is 3. The van der Waals surface area contributed by atoms with Crippen LogP contribution in [0.2, 0.25) is 0 Å². The minimum absolute atomic E-state index is 0.153. The first-order valence-corrected chi connectivity index (χ1v) is 25.4. The Morgan fingerprint density at radius 1 is 0.645 bits per heavy atom. The first kappa shape index (κ1) is 55.6. The fraction of sp³-hybridized carbons (Fsp3) is 0.824. The fourth-order valence-corrected chi connectivity index (χ4v) is 8.65. The number of aliphatic hydroxyl groups is 3. The van der Waals surface area contributed by atoms with Crippen LogP contribution in [0.3, 0.4) is 0 Å². The molecule has 1 aromatic carbocycles. The Kier molecular flexibility index (Phi) is 32.0. The maximum Gasteiger partial charge on any atom is 0.417 e. The first-order valence-electron chi connectivity index (χ1n) is 25.4. The second kappa shape index (κ2) is 35.7. The summed E-state index contributed by atoms with van der Waals surface area (Å²) in [5.41, 5.74) is 6.75. The van der Waals surface area contributed by atoms with Crippen LogP contribution < -0.4 is 5.73 Å². The number of unbranched alkanes of at least 4 members (excludes halogenated alkanes) is 27. The Labute approximate surface area is 377 Å². The van der Waals surface area contributed by atoms with Crippen LogP contribution in [0.15, 0.2) is 30.3 Å². The summed E-state index contributed by atoms with van der Waals surface area (Å²) in [5.74, 6) is -1.07. The zero-order chi connectivity index (χ0) is 45.2. The molecular formula is C51H91N3O8. The average Bonchev–Trinajstić information content (AvgIpc) is 3.27. The van der Waals surface area contributed by atoms with Crippen molar-refractivity contribution in [1.29, 1.82) is 0 Å². The van der Waals surface area contributed by atoms with Gasteiger partial charge >= 0.3 is 6.09 Å². The number of carbonyl (C=O) groups is 3. The highest BCUT2D eigenvalue weighted by molar-refractivity contribution is 5.95. The third-order valence-electron chi connectivity index (χ3n) is 12.6. The molecule has 1 aromatic rings. The standard InChI is InChI=1S/C51H91N3O8/c1-4-6-8-10-12-14-16-18-20-21-23-25-27-29-34-38-45(56)53(39-35-30-28-26-24-22-19-17-15-13-11-9-7-5-2)50-46(48(58)47(57)44(40-55)62-50)54(49(59)42(3)52)51(60)61-41-43-36-32-31-33-37-43/h31-33,36-37,42,44,46-48,50,55,57-58H,4-30,34-35,38-41,52H2,1-3H3/t42-,44+,46+,47+,48+,50+/m0/s1. The van der Waals surface area contributed by atoms with E-state index in [1.165, 1.54) is 147 Å². The number of imide groups is 1. The van der Waals surface area contributed by atoms with Crippen molar-refractivity contribution in [2.45, 2.75) is 257 Å². The van der Waals surface area contributed by atoms with Gasteiger partial charge in [-0.1, -0.05) is 218 Å². The van der Waals surface area contributed by atoms with Gasteiger partial charge < -0.3 is 35.4 Å². The SMILES string of the molecule is CCCCCCCCCCCCCCCCCC(=O)N(CCCCCCCCCCCCCCCC)[C@@H]1O[C@H](CO)[C@@H](O)[C@H](O)[C@H]1N(C(=O)OCc1ccccc1)C(=O)[C@H](C)N. The predicted octanol–water partition coefficient (Wildman–Crippen LogP) is 10.9. The second-order valence-electron chi connectivity index (χ2n) is 18.1. The molecule has 1 heterocycles. The number of nitrogens with zero attached hydrogens (tertiary/aromatic N) is 2. The quantitative estimate of drug-likeness (QED) is 0.0477. The second-order valence-corrected chi connectivity index (χ2v) is 18.1. The molecule has 1 aliphatic heterocycles. The van der Waals surface area contributed by atoms with Gasteiger partial charge in [0.15, 0.2) is 6.23 Å². The van der Waals surface area contributed by atoms with E-state index < -0.39 is 55.2 Å². The van der Waals surface area contributed by atoms with Crippen LogP contribution in [-0.4, -0.2) is 92.8 Å². The molecule has 0 spiro atoms. The number of nitrogens with two attached hydrogens (primary N) is 1. The molecule has 0 aliphatic carbocycles. The van der Waals surface area contributed by atoms with E-state index >= 15 is 0 Å². The van der Waals surface area contributed by atoms with Gasteiger partial charge in [-0.25, -0.2) is 9.69 Å². The lowest BCUT2D eigenvalue weighted by Gasteiger charge is -2.49. The number of amides is 3. The van der Waals surface area contributed by atoms with Gasteiger partial charge in [-0.15, -0.1) is 0 Å². The van der Waals surface area contributed by atoms with Gasteiger partial charge in [0.05, 0.1) is 12.6 Å². The van der Waals surface area contributed by atoms with Crippen molar-refractivity contribution in [2.75, 3.05) is 13.2 Å². The van der Waals surface area contributed by atoms with E-state index in [9.17, 15) is 29.7 Å². The Bertz CT molecular complexity index is 1270. The Morgan fingerprint density at radius 2 is 1.06 bits per heavy atom. The van der Waals surface area contributed by atoms with Crippen LogP contribution in [0.25, 0.3) is 0 Å². The van der Waals surface area contributed by atoms with Gasteiger partial charge in [-0.3, -0.25) is 9.59 Å². The number of ether oxygens (including phenoxy) is 2. The lowest BCUT2D eigenvalue weighted by atomic mass is 9.93. The van der Waals surface area contributed by atoms with Gasteiger partial charge in [0.1, 0.15) is 31.0 Å². The topological polar surface area (TPSA) is 163 Å². The normalized spacial score (nSPS) is 19.3. The Balaban J connectivity index is 2.08. The zero-order valence-corrected chi connectivity index (χ0v) is 39.5. The molecule has 358 valence electrons. The minimum atomic E-state index is -1.75. The highest BCUT2D eigenvalue weighted by Crippen LogP contribution is 2.30. The lowest BCUT2D eigenvalue weighted by molar-refractivity contribution is -0.244. The van der Waals surface area contributed by atoms with Crippen LogP contribution in [-0.2, 0) is 25.7 Å². The smallest absolute Gasteiger partial charge is 0.417 e. The van der Waals surface area contributed by atoms with E-state index in [0.29, 0.717) is 18.4 Å². The molecule has 0 saturated carbocycles. The summed E-state index contributed by atoms with van der Waals surface area (Å²) in [4.78, 5) is 44.1. The summed E-state index contributed by atoms with van der Waals surface area (Å²) in [6, 6.07) is 6.27. The summed E-state index contributed by atoms with van der Waals surface area (Å²) < 4.78 is 11.8. The van der Waals surface area contributed by atoms with Gasteiger partial charge in [0.2, 0.25) is 11.8 Å². The number of hydrogen-bond donors (Lipinski definition) is 4. The molecule has 11 nitrogen and oxygen atoms in total. The summed E-state index contributed by atoms with van der Waals surface area (Å²) >= 11 is 0. The summed E-state index contributed by atoms with van der Waals surface area (Å²) in [5, 5.41) is 33.0. The summed E-state index contributed by atoms with van der Waals surface area (Å²) in [6.07, 6.45) is 27.9. The molecular weight excluding hydrogens is 783 g/mol. The van der Waals surface area contributed by atoms with Gasteiger partial charge in [0.25, 0.3) is 0 Å². The molecule has 11 heteroatoms. The molecule has 1 fully saturated rings. The van der Waals surface area contributed by atoms with E-state index in [-0.39, 0.29) is 25.5 Å². The van der Waals surface area contributed by atoms with Crippen molar-refractivity contribution >= 4 is 17.9 Å². The monoisotopic (exact) mass is 874 g/mol. The van der Waals surface area contributed by atoms with Crippen molar-refractivity contribution in [3.63, 3.8) is 0 Å². The largest absolute Gasteiger partial charge is 0.444 e. The maximum atomic E-state index is 14.3. The zero-order valence-electron chi connectivity index (χ0n) is 39.5. The third kappa shape index (κ3) is 22.9. The van der Waals surface area contributed by atoms with Crippen molar-refractivity contribution in [1.82, 2.24) is 9.80 Å². The van der Waals surface area contributed by atoms with Crippen LogP contribution in [0, 0.1) is 0 Å². The lowest BCUT2D eigenvalue weighted by Crippen LogP contribution is -2.71. The molecule has 1 saturated heterocycles. The molecule has 5 N–H and O–H groups in total. The number of aliphatic hydroxyl groups excluding tert-OH is 3. The minimum Gasteiger partial charge on any atom is -0.444 e. The first-order chi connectivity index (χ1) is 30.2.